The van der Waals surface area contributed by atoms with Crippen molar-refractivity contribution in [2.24, 2.45) is 5.14 Å². The first-order valence-corrected chi connectivity index (χ1v) is 5.58. The van der Waals surface area contributed by atoms with Gasteiger partial charge in [-0.2, -0.15) is 13.2 Å². The summed E-state index contributed by atoms with van der Waals surface area (Å²) >= 11 is 0. The zero-order chi connectivity index (χ0) is 12.7. The standard InChI is InChI=1S/C8H9F3N2O2S/c1-4-6(12)2-5(8(9,10)11)3-7(4)16(13,14)15/h2-3H,12H2,1H3,(H2,13,14,15). The molecular formula is C8H9F3N2O2S. The van der Waals surface area contributed by atoms with E-state index in [0.29, 0.717) is 12.1 Å². The third-order valence-electron chi connectivity index (χ3n) is 2.03. The minimum absolute atomic E-state index is 0.00972. The van der Waals surface area contributed by atoms with Gasteiger partial charge in [0.25, 0.3) is 0 Å². The van der Waals surface area contributed by atoms with Gasteiger partial charge in [0.2, 0.25) is 10.0 Å². The van der Waals surface area contributed by atoms with E-state index in [2.05, 4.69) is 0 Å². The quantitative estimate of drug-likeness (QED) is 0.739. The van der Waals surface area contributed by atoms with Gasteiger partial charge in [-0.25, -0.2) is 13.6 Å². The van der Waals surface area contributed by atoms with E-state index in [1.165, 1.54) is 6.92 Å². The van der Waals surface area contributed by atoms with Crippen LogP contribution in [-0.2, 0) is 16.2 Å². The van der Waals surface area contributed by atoms with Gasteiger partial charge in [0, 0.05) is 5.69 Å². The van der Waals surface area contributed by atoms with Gasteiger partial charge in [-0.05, 0) is 24.6 Å². The minimum Gasteiger partial charge on any atom is -0.398 e. The normalized spacial score (nSPS) is 12.8. The first-order valence-electron chi connectivity index (χ1n) is 4.03. The molecule has 0 aliphatic carbocycles. The second kappa shape index (κ2) is 3.63. The van der Waals surface area contributed by atoms with Gasteiger partial charge in [0.05, 0.1) is 10.5 Å². The molecule has 0 heterocycles. The van der Waals surface area contributed by atoms with Crippen molar-refractivity contribution in [3.8, 4) is 0 Å². The molecule has 0 fully saturated rings. The molecule has 0 radical (unpaired) electrons. The van der Waals surface area contributed by atoms with Crippen LogP contribution in [0.3, 0.4) is 0 Å². The Morgan fingerprint density at radius 2 is 1.75 bits per heavy atom. The largest absolute Gasteiger partial charge is 0.416 e. The van der Waals surface area contributed by atoms with Crippen LogP contribution in [0.1, 0.15) is 11.1 Å². The Labute approximate surface area is 90.1 Å². The molecule has 0 saturated carbocycles. The fourth-order valence-electron chi connectivity index (χ4n) is 1.17. The van der Waals surface area contributed by atoms with Crippen LogP contribution < -0.4 is 10.9 Å². The highest BCUT2D eigenvalue weighted by atomic mass is 32.2. The Hall–Kier alpha value is -1.28. The smallest absolute Gasteiger partial charge is 0.398 e. The van der Waals surface area contributed by atoms with Crippen LogP contribution in [0.15, 0.2) is 17.0 Å². The van der Waals surface area contributed by atoms with Crippen LogP contribution in [-0.4, -0.2) is 8.42 Å². The van der Waals surface area contributed by atoms with Crippen LogP contribution >= 0.6 is 0 Å². The Bertz CT molecular complexity index is 523. The van der Waals surface area contributed by atoms with Crippen LogP contribution in [0.5, 0.6) is 0 Å². The van der Waals surface area contributed by atoms with Crippen molar-refractivity contribution >= 4 is 15.7 Å². The monoisotopic (exact) mass is 254 g/mol. The molecule has 1 aromatic rings. The predicted molar refractivity (Wildman–Crippen MR) is 52.0 cm³/mol. The van der Waals surface area contributed by atoms with Crippen LogP contribution in [0.2, 0.25) is 0 Å². The molecule has 1 rings (SSSR count). The van der Waals surface area contributed by atoms with Gasteiger partial charge in [0.15, 0.2) is 0 Å². The lowest BCUT2D eigenvalue weighted by molar-refractivity contribution is -0.137. The van der Waals surface area contributed by atoms with Gasteiger partial charge >= 0.3 is 6.18 Å². The number of primary sulfonamides is 1. The number of nitrogens with two attached hydrogens (primary N) is 2. The van der Waals surface area contributed by atoms with E-state index in [9.17, 15) is 21.6 Å². The van der Waals surface area contributed by atoms with E-state index < -0.39 is 26.7 Å². The van der Waals surface area contributed by atoms with Gasteiger partial charge in [-0.1, -0.05) is 0 Å². The van der Waals surface area contributed by atoms with Crippen molar-refractivity contribution in [2.45, 2.75) is 18.0 Å². The van der Waals surface area contributed by atoms with Crippen molar-refractivity contribution in [1.82, 2.24) is 0 Å². The molecule has 0 spiro atoms. The highest BCUT2D eigenvalue weighted by Crippen LogP contribution is 2.33. The number of nitrogen functional groups attached to an aromatic ring is 1. The molecule has 0 bridgehead atoms. The average Bonchev–Trinajstić information content (AvgIpc) is 2.05. The molecule has 0 saturated heterocycles. The summed E-state index contributed by atoms with van der Waals surface area (Å²) in [6, 6.07) is 1.14. The highest BCUT2D eigenvalue weighted by Gasteiger charge is 2.32. The van der Waals surface area contributed by atoms with Gasteiger partial charge in [-0.15, -0.1) is 0 Å². The van der Waals surface area contributed by atoms with Crippen molar-refractivity contribution in [3.05, 3.63) is 23.3 Å². The SMILES string of the molecule is Cc1c(N)cc(C(F)(F)F)cc1S(N)(=O)=O. The summed E-state index contributed by atoms with van der Waals surface area (Å²) in [5, 5.41) is 4.79. The lowest BCUT2D eigenvalue weighted by atomic mass is 10.1. The Balaban J connectivity index is 3.59. The van der Waals surface area contributed by atoms with Crippen molar-refractivity contribution < 1.29 is 21.6 Å². The summed E-state index contributed by atoms with van der Waals surface area (Å²) in [6.45, 7) is 1.29. The van der Waals surface area contributed by atoms with E-state index in [0.717, 1.165) is 0 Å². The number of halogens is 3. The molecule has 0 atom stereocenters. The third-order valence-corrected chi connectivity index (χ3v) is 3.07. The summed E-state index contributed by atoms with van der Waals surface area (Å²) in [6.07, 6.45) is -4.67. The van der Waals surface area contributed by atoms with Gasteiger partial charge in [0.1, 0.15) is 0 Å². The van der Waals surface area contributed by atoms with Crippen molar-refractivity contribution in [1.29, 1.82) is 0 Å². The van der Waals surface area contributed by atoms with E-state index in [1.54, 1.807) is 0 Å². The molecule has 90 valence electrons. The number of hydrogen-bond donors (Lipinski definition) is 2. The van der Waals surface area contributed by atoms with E-state index in [1.807, 2.05) is 0 Å². The maximum Gasteiger partial charge on any atom is 0.416 e. The molecule has 0 aliphatic rings. The number of sulfonamides is 1. The fraction of sp³-hybridized carbons (Fsp3) is 0.250. The topological polar surface area (TPSA) is 86.2 Å². The third kappa shape index (κ3) is 2.45. The first kappa shape index (κ1) is 12.8. The maximum absolute atomic E-state index is 12.4. The summed E-state index contributed by atoms with van der Waals surface area (Å²) in [4.78, 5) is -0.611. The Kier molecular flexibility index (Phi) is 2.90. The van der Waals surface area contributed by atoms with E-state index in [4.69, 9.17) is 10.9 Å². The Morgan fingerprint density at radius 1 is 1.25 bits per heavy atom. The van der Waals surface area contributed by atoms with Crippen LogP contribution in [0.25, 0.3) is 0 Å². The molecule has 0 unspecified atom stereocenters. The van der Waals surface area contributed by atoms with Crippen molar-refractivity contribution in [3.63, 3.8) is 0 Å². The zero-order valence-corrected chi connectivity index (χ0v) is 8.98. The van der Waals surface area contributed by atoms with Crippen LogP contribution in [0, 0.1) is 6.92 Å². The lowest BCUT2D eigenvalue weighted by Crippen LogP contribution is -2.17. The number of alkyl halides is 3. The molecule has 0 amide bonds. The molecule has 16 heavy (non-hydrogen) atoms. The lowest BCUT2D eigenvalue weighted by Gasteiger charge is -2.12. The summed E-state index contributed by atoms with van der Waals surface area (Å²) in [5.74, 6) is 0. The summed E-state index contributed by atoms with van der Waals surface area (Å²) in [7, 11) is -4.22. The average molecular weight is 254 g/mol. The van der Waals surface area contributed by atoms with E-state index in [-0.39, 0.29) is 11.3 Å². The second-order valence-corrected chi connectivity index (χ2v) is 4.76. The zero-order valence-electron chi connectivity index (χ0n) is 8.17. The molecule has 0 aliphatic heterocycles. The second-order valence-electron chi connectivity index (χ2n) is 3.23. The fourth-order valence-corrected chi connectivity index (χ4v) is 2.00. The molecular weight excluding hydrogens is 245 g/mol. The number of rotatable bonds is 1. The summed E-state index contributed by atoms with van der Waals surface area (Å²) < 4.78 is 59.2. The first-order chi connectivity index (χ1) is 7.03. The molecule has 0 aromatic heterocycles. The minimum atomic E-state index is -4.67. The van der Waals surface area contributed by atoms with Gasteiger partial charge < -0.3 is 5.73 Å². The number of anilines is 1. The van der Waals surface area contributed by atoms with Crippen LogP contribution in [0.4, 0.5) is 18.9 Å². The summed E-state index contributed by atoms with van der Waals surface area (Å²) in [5.41, 5.74) is 3.90. The molecule has 4 nitrogen and oxygen atoms in total. The molecule has 8 heteroatoms. The maximum atomic E-state index is 12.4. The Morgan fingerprint density at radius 3 is 2.12 bits per heavy atom. The molecule has 4 N–H and O–H groups in total. The van der Waals surface area contributed by atoms with E-state index >= 15 is 0 Å². The number of benzene rings is 1. The number of hydrogen-bond acceptors (Lipinski definition) is 3. The highest BCUT2D eigenvalue weighted by molar-refractivity contribution is 7.89. The van der Waals surface area contributed by atoms with Crippen molar-refractivity contribution in [2.75, 3.05) is 5.73 Å². The predicted octanol–water partition coefficient (Wildman–Crippen LogP) is 1.24. The van der Waals surface area contributed by atoms with Gasteiger partial charge in [-0.3, -0.25) is 0 Å². The molecule has 1 aromatic carbocycles.